The molecule has 4 nitrogen and oxygen atoms in total. The van der Waals surface area contributed by atoms with Crippen molar-refractivity contribution in [1.29, 1.82) is 0 Å². The van der Waals surface area contributed by atoms with Gasteiger partial charge >= 0.3 is 0 Å². The van der Waals surface area contributed by atoms with Crippen LogP contribution in [0.1, 0.15) is 0 Å². The summed E-state index contributed by atoms with van der Waals surface area (Å²) in [7, 11) is 1.36. The number of alkyl halides is 2. The fraction of sp³-hybridized carbons (Fsp3) is 0.364. The molecule has 100 valence electrons. The smallest absolute Gasteiger partial charge is 0.288 e. The van der Waals surface area contributed by atoms with Crippen LogP contribution < -0.4 is 11.1 Å². The van der Waals surface area contributed by atoms with E-state index in [0.29, 0.717) is 22.3 Å². The van der Waals surface area contributed by atoms with E-state index < -0.39 is 17.8 Å². The first-order chi connectivity index (χ1) is 8.58. The molecule has 0 aliphatic rings. The molecule has 0 spiro atoms. The Morgan fingerprint density at radius 2 is 2.17 bits per heavy atom. The molecule has 0 bridgehead atoms. The van der Waals surface area contributed by atoms with Crippen LogP contribution in [0.3, 0.4) is 0 Å². The van der Waals surface area contributed by atoms with Crippen LogP contribution in [0.4, 0.5) is 14.5 Å². The topological polar surface area (TPSA) is 64.3 Å². The normalized spacial score (nSPS) is 12.5. The third-order valence-electron chi connectivity index (χ3n) is 2.15. The largest absolute Gasteiger partial charge is 0.370 e. The number of methoxy groups -OCH3 is 1. The standard InChI is InChI=1S/C11H14F2N2O2S/c1-17-8(6-14)10(16)15-7-4-2-3-5-9(7)18-11(12)13/h2-5,8,11H,6,14H2,1H3,(H,15,16). The number of halogens is 2. The van der Waals surface area contributed by atoms with Crippen LogP contribution in [0.15, 0.2) is 29.2 Å². The molecule has 0 heterocycles. The first-order valence-electron chi connectivity index (χ1n) is 5.16. The van der Waals surface area contributed by atoms with Crippen molar-refractivity contribution in [3.63, 3.8) is 0 Å². The second kappa shape index (κ2) is 7.30. The van der Waals surface area contributed by atoms with Gasteiger partial charge < -0.3 is 15.8 Å². The summed E-state index contributed by atoms with van der Waals surface area (Å²) in [6.07, 6.45) is -0.797. The average molecular weight is 276 g/mol. The van der Waals surface area contributed by atoms with Gasteiger partial charge in [-0.2, -0.15) is 8.78 Å². The SMILES string of the molecule is COC(CN)C(=O)Nc1ccccc1SC(F)F. The number of ether oxygens (including phenoxy) is 1. The molecule has 1 aromatic carbocycles. The van der Waals surface area contributed by atoms with Crippen molar-refractivity contribution in [2.75, 3.05) is 19.0 Å². The lowest BCUT2D eigenvalue weighted by Gasteiger charge is -2.15. The molecule has 0 saturated heterocycles. The lowest BCUT2D eigenvalue weighted by Crippen LogP contribution is -2.36. The van der Waals surface area contributed by atoms with E-state index in [9.17, 15) is 13.6 Å². The molecular formula is C11H14F2N2O2S. The molecule has 0 aliphatic heterocycles. The lowest BCUT2D eigenvalue weighted by molar-refractivity contribution is -0.125. The summed E-state index contributed by atoms with van der Waals surface area (Å²) < 4.78 is 29.5. The summed E-state index contributed by atoms with van der Waals surface area (Å²) in [4.78, 5) is 12.0. The van der Waals surface area contributed by atoms with Crippen molar-refractivity contribution in [1.82, 2.24) is 0 Å². The summed E-state index contributed by atoms with van der Waals surface area (Å²) in [5, 5.41) is 2.52. The number of hydrogen-bond donors (Lipinski definition) is 2. The van der Waals surface area contributed by atoms with Crippen LogP contribution in [0.2, 0.25) is 0 Å². The highest BCUT2D eigenvalue weighted by atomic mass is 32.2. The number of nitrogens with one attached hydrogen (secondary N) is 1. The van der Waals surface area contributed by atoms with E-state index in [1.807, 2.05) is 0 Å². The van der Waals surface area contributed by atoms with Crippen LogP contribution in [0.5, 0.6) is 0 Å². The summed E-state index contributed by atoms with van der Waals surface area (Å²) >= 11 is 0.374. The Morgan fingerprint density at radius 1 is 1.50 bits per heavy atom. The second-order valence-corrected chi connectivity index (χ2v) is 4.36. The van der Waals surface area contributed by atoms with Crippen molar-refractivity contribution in [2.24, 2.45) is 5.73 Å². The number of hydrogen-bond acceptors (Lipinski definition) is 4. The molecule has 0 radical (unpaired) electrons. The second-order valence-electron chi connectivity index (χ2n) is 3.32. The molecule has 0 aromatic heterocycles. The van der Waals surface area contributed by atoms with Gasteiger partial charge in [0.15, 0.2) is 0 Å². The number of thioether (sulfide) groups is 1. The number of anilines is 1. The maximum atomic E-state index is 12.3. The minimum absolute atomic E-state index is 0.0203. The van der Waals surface area contributed by atoms with Gasteiger partial charge in [0, 0.05) is 18.6 Å². The molecule has 0 saturated carbocycles. The number of rotatable bonds is 6. The average Bonchev–Trinajstić information content (AvgIpc) is 2.32. The number of carbonyl (C=O) groups is 1. The Morgan fingerprint density at radius 3 is 2.72 bits per heavy atom. The van der Waals surface area contributed by atoms with E-state index >= 15 is 0 Å². The van der Waals surface area contributed by atoms with E-state index in [1.54, 1.807) is 18.2 Å². The van der Waals surface area contributed by atoms with Gasteiger partial charge in [-0.3, -0.25) is 4.79 Å². The molecule has 1 aromatic rings. The molecule has 1 atom stereocenters. The molecular weight excluding hydrogens is 262 g/mol. The monoisotopic (exact) mass is 276 g/mol. The van der Waals surface area contributed by atoms with Gasteiger partial charge in [-0.05, 0) is 12.1 Å². The number of para-hydroxylation sites is 1. The first-order valence-corrected chi connectivity index (χ1v) is 6.04. The molecule has 18 heavy (non-hydrogen) atoms. The first kappa shape index (κ1) is 14.9. The highest BCUT2D eigenvalue weighted by molar-refractivity contribution is 7.99. The maximum Gasteiger partial charge on any atom is 0.288 e. The van der Waals surface area contributed by atoms with Crippen molar-refractivity contribution in [2.45, 2.75) is 16.8 Å². The van der Waals surface area contributed by atoms with Crippen molar-refractivity contribution in [3.05, 3.63) is 24.3 Å². The van der Waals surface area contributed by atoms with Gasteiger partial charge in [0.05, 0.1) is 5.69 Å². The predicted molar refractivity (Wildman–Crippen MR) is 66.8 cm³/mol. The third-order valence-corrected chi connectivity index (χ3v) is 2.94. The Balaban J connectivity index is 2.80. The van der Waals surface area contributed by atoms with Crippen LogP contribution >= 0.6 is 11.8 Å². The third kappa shape index (κ3) is 4.25. The van der Waals surface area contributed by atoms with Crippen molar-refractivity contribution >= 4 is 23.4 Å². The zero-order chi connectivity index (χ0) is 13.5. The molecule has 1 amide bonds. The van der Waals surface area contributed by atoms with E-state index in [2.05, 4.69) is 5.32 Å². The minimum atomic E-state index is -2.55. The van der Waals surface area contributed by atoms with Gasteiger partial charge in [0.25, 0.3) is 11.7 Å². The Hall–Kier alpha value is -1.18. The summed E-state index contributed by atoms with van der Waals surface area (Å²) in [5.74, 6) is -3.00. The van der Waals surface area contributed by atoms with Crippen LogP contribution in [0, 0.1) is 0 Å². The van der Waals surface area contributed by atoms with E-state index in [1.165, 1.54) is 13.2 Å². The van der Waals surface area contributed by atoms with Crippen molar-refractivity contribution < 1.29 is 18.3 Å². The molecule has 3 N–H and O–H groups in total. The van der Waals surface area contributed by atoms with E-state index in [0.717, 1.165) is 0 Å². The molecule has 0 aliphatic carbocycles. The maximum absolute atomic E-state index is 12.3. The van der Waals surface area contributed by atoms with Gasteiger partial charge in [-0.1, -0.05) is 23.9 Å². The Bertz CT molecular complexity index is 400. The molecule has 1 unspecified atom stereocenters. The van der Waals surface area contributed by atoms with Gasteiger partial charge in [-0.25, -0.2) is 0 Å². The van der Waals surface area contributed by atoms with E-state index in [-0.39, 0.29) is 6.54 Å². The van der Waals surface area contributed by atoms with Crippen LogP contribution in [-0.2, 0) is 9.53 Å². The zero-order valence-electron chi connectivity index (χ0n) is 9.73. The van der Waals surface area contributed by atoms with Gasteiger partial charge in [0.2, 0.25) is 0 Å². The van der Waals surface area contributed by atoms with Gasteiger partial charge in [0.1, 0.15) is 6.10 Å². The summed E-state index contributed by atoms with van der Waals surface area (Å²) in [5.41, 5.74) is 5.67. The minimum Gasteiger partial charge on any atom is -0.370 e. The molecule has 1 rings (SSSR count). The lowest BCUT2D eigenvalue weighted by atomic mass is 10.3. The number of carbonyl (C=O) groups excluding carboxylic acids is 1. The molecule has 0 fully saturated rings. The zero-order valence-corrected chi connectivity index (χ0v) is 10.5. The summed E-state index contributed by atoms with van der Waals surface area (Å²) in [6, 6.07) is 6.33. The van der Waals surface area contributed by atoms with Crippen LogP contribution in [0.25, 0.3) is 0 Å². The number of nitrogens with two attached hydrogens (primary N) is 1. The number of amides is 1. The van der Waals surface area contributed by atoms with E-state index in [4.69, 9.17) is 10.5 Å². The van der Waals surface area contributed by atoms with Crippen molar-refractivity contribution in [3.8, 4) is 0 Å². The number of benzene rings is 1. The predicted octanol–water partition coefficient (Wildman–Crippen LogP) is 1.91. The highest BCUT2D eigenvalue weighted by Crippen LogP contribution is 2.31. The fourth-order valence-electron chi connectivity index (χ4n) is 1.29. The van der Waals surface area contributed by atoms with Gasteiger partial charge in [-0.15, -0.1) is 0 Å². The quantitative estimate of drug-likeness (QED) is 0.779. The van der Waals surface area contributed by atoms with Crippen LogP contribution in [-0.4, -0.2) is 31.4 Å². The Kier molecular flexibility index (Phi) is 6.03. The Labute approximate surface area is 108 Å². The molecule has 7 heteroatoms. The summed E-state index contributed by atoms with van der Waals surface area (Å²) in [6.45, 7) is 0.0203. The highest BCUT2D eigenvalue weighted by Gasteiger charge is 2.18. The fourth-order valence-corrected chi connectivity index (χ4v) is 1.89.